The van der Waals surface area contributed by atoms with Crippen LogP contribution in [0.4, 0.5) is 0 Å². The molecule has 0 unspecified atom stereocenters. The van der Waals surface area contributed by atoms with Gasteiger partial charge in [-0.1, -0.05) is 6.42 Å². The summed E-state index contributed by atoms with van der Waals surface area (Å²) < 4.78 is 5.02. The van der Waals surface area contributed by atoms with Gasteiger partial charge in [0.25, 0.3) is 0 Å². The van der Waals surface area contributed by atoms with Crippen molar-refractivity contribution in [2.24, 2.45) is 0 Å². The van der Waals surface area contributed by atoms with Crippen LogP contribution in [0.15, 0.2) is 5.38 Å². The van der Waals surface area contributed by atoms with Crippen molar-refractivity contribution < 1.29 is 4.74 Å². The van der Waals surface area contributed by atoms with E-state index >= 15 is 0 Å². The lowest BCUT2D eigenvalue weighted by molar-refractivity contribution is 0.184. The molecule has 0 spiro atoms. The van der Waals surface area contributed by atoms with Crippen molar-refractivity contribution in [3.05, 3.63) is 16.1 Å². The van der Waals surface area contributed by atoms with Crippen molar-refractivity contribution in [3.63, 3.8) is 0 Å². The van der Waals surface area contributed by atoms with Crippen molar-refractivity contribution in [1.29, 1.82) is 0 Å². The van der Waals surface area contributed by atoms with Crippen molar-refractivity contribution in [1.82, 2.24) is 4.98 Å². The highest BCUT2D eigenvalue weighted by atomic mass is 32.1. The molecule has 1 heterocycles. The number of ether oxygens (including phenoxy) is 1. The number of methoxy groups -OCH3 is 1. The minimum atomic E-state index is 0.664. The van der Waals surface area contributed by atoms with Crippen LogP contribution in [0, 0.1) is 0 Å². The second-order valence-corrected chi connectivity index (χ2v) is 4.17. The smallest absolute Gasteiger partial charge is 0.119 e. The Bertz CT molecular complexity index is 255. The Kier molecular flexibility index (Phi) is 2.42. The van der Waals surface area contributed by atoms with Crippen molar-refractivity contribution in [2.75, 3.05) is 7.11 Å². The zero-order chi connectivity index (χ0) is 8.39. The average molecular weight is 183 g/mol. The summed E-state index contributed by atoms with van der Waals surface area (Å²) in [5.74, 6) is 0.756. The van der Waals surface area contributed by atoms with Gasteiger partial charge in [0.2, 0.25) is 0 Å². The van der Waals surface area contributed by atoms with Crippen LogP contribution < -0.4 is 0 Å². The monoisotopic (exact) mass is 183 g/mol. The number of thiazole rings is 1. The molecule has 3 heteroatoms. The summed E-state index contributed by atoms with van der Waals surface area (Å²) in [7, 11) is 1.71. The van der Waals surface area contributed by atoms with Gasteiger partial charge in [0.15, 0.2) is 0 Å². The summed E-state index contributed by atoms with van der Waals surface area (Å²) >= 11 is 1.72. The van der Waals surface area contributed by atoms with E-state index in [4.69, 9.17) is 4.74 Å². The lowest BCUT2D eigenvalue weighted by Crippen LogP contribution is -2.08. The van der Waals surface area contributed by atoms with Crippen LogP contribution in [-0.4, -0.2) is 12.1 Å². The van der Waals surface area contributed by atoms with Gasteiger partial charge in [0.05, 0.1) is 12.3 Å². The van der Waals surface area contributed by atoms with Crippen molar-refractivity contribution in [2.45, 2.75) is 31.8 Å². The molecule has 0 N–H and O–H groups in total. The van der Waals surface area contributed by atoms with Crippen LogP contribution in [0.25, 0.3) is 0 Å². The van der Waals surface area contributed by atoms with Crippen LogP contribution in [0.3, 0.4) is 0 Å². The molecule has 1 aliphatic carbocycles. The minimum absolute atomic E-state index is 0.664. The molecule has 1 saturated carbocycles. The summed E-state index contributed by atoms with van der Waals surface area (Å²) in [4.78, 5) is 4.52. The molecule has 1 fully saturated rings. The number of aromatic nitrogens is 1. The zero-order valence-corrected chi connectivity index (χ0v) is 8.06. The quantitative estimate of drug-likeness (QED) is 0.718. The third-order valence-electron chi connectivity index (χ3n) is 2.36. The fourth-order valence-corrected chi connectivity index (χ4v) is 2.25. The van der Waals surface area contributed by atoms with E-state index in [-0.39, 0.29) is 0 Å². The van der Waals surface area contributed by atoms with E-state index in [1.165, 1.54) is 25.0 Å². The Hall–Kier alpha value is -0.410. The average Bonchev–Trinajstić information content (AvgIpc) is 2.34. The first-order valence-corrected chi connectivity index (χ1v) is 5.21. The minimum Gasteiger partial charge on any atom is -0.378 e. The first-order chi connectivity index (χ1) is 5.90. The summed E-state index contributed by atoms with van der Waals surface area (Å²) in [5.41, 5.74) is 1.29. The predicted octanol–water partition coefficient (Wildman–Crippen LogP) is 2.56. The van der Waals surface area contributed by atoms with Crippen LogP contribution in [-0.2, 0) is 11.3 Å². The van der Waals surface area contributed by atoms with Gasteiger partial charge in [0, 0.05) is 18.4 Å². The molecule has 0 aromatic carbocycles. The third-order valence-corrected chi connectivity index (χ3v) is 3.20. The van der Waals surface area contributed by atoms with Crippen molar-refractivity contribution in [3.8, 4) is 0 Å². The molecule has 12 heavy (non-hydrogen) atoms. The molecule has 0 amide bonds. The fourth-order valence-electron chi connectivity index (χ4n) is 1.41. The number of hydrogen-bond donors (Lipinski definition) is 0. The Morgan fingerprint density at radius 1 is 1.67 bits per heavy atom. The van der Waals surface area contributed by atoms with E-state index < -0.39 is 0 Å². The molecule has 0 radical (unpaired) electrons. The molecule has 0 bridgehead atoms. The molecule has 0 saturated heterocycles. The Labute approximate surface area is 76.6 Å². The van der Waals surface area contributed by atoms with Gasteiger partial charge < -0.3 is 4.74 Å². The van der Waals surface area contributed by atoms with Gasteiger partial charge in [-0.05, 0) is 12.8 Å². The molecule has 1 aliphatic rings. The third kappa shape index (κ3) is 1.52. The SMILES string of the molecule is COCc1nc(C2CCC2)cs1. The summed E-state index contributed by atoms with van der Waals surface area (Å²) in [6, 6.07) is 0. The van der Waals surface area contributed by atoms with Crippen molar-refractivity contribution >= 4 is 11.3 Å². The van der Waals surface area contributed by atoms with Crippen LogP contribution in [0.5, 0.6) is 0 Å². The molecular formula is C9H13NOS. The standard InChI is InChI=1S/C9H13NOS/c1-11-5-9-10-8(6-12-9)7-3-2-4-7/h6-7H,2-5H2,1H3. The summed E-state index contributed by atoms with van der Waals surface area (Å²) in [6.07, 6.45) is 4.04. The van der Waals surface area contributed by atoms with E-state index in [0.717, 1.165) is 10.9 Å². The first-order valence-electron chi connectivity index (χ1n) is 4.33. The lowest BCUT2D eigenvalue weighted by Gasteiger charge is -2.22. The molecule has 0 atom stereocenters. The topological polar surface area (TPSA) is 22.1 Å². The maximum Gasteiger partial charge on any atom is 0.119 e. The molecule has 1 aromatic rings. The van der Waals surface area contributed by atoms with E-state index in [1.54, 1.807) is 18.4 Å². The summed E-state index contributed by atoms with van der Waals surface area (Å²) in [6.45, 7) is 0.664. The number of rotatable bonds is 3. The maximum atomic E-state index is 5.02. The number of hydrogen-bond acceptors (Lipinski definition) is 3. The van der Waals surface area contributed by atoms with Gasteiger partial charge >= 0.3 is 0 Å². The van der Waals surface area contributed by atoms with E-state index in [1.807, 2.05) is 0 Å². The first kappa shape index (κ1) is 8.20. The van der Waals surface area contributed by atoms with Gasteiger partial charge in [0.1, 0.15) is 5.01 Å². The Morgan fingerprint density at radius 2 is 2.50 bits per heavy atom. The normalized spacial score (nSPS) is 17.8. The molecule has 2 nitrogen and oxygen atoms in total. The Balaban J connectivity index is 2.02. The lowest BCUT2D eigenvalue weighted by atomic mass is 9.83. The van der Waals surface area contributed by atoms with Gasteiger partial charge in [-0.3, -0.25) is 0 Å². The van der Waals surface area contributed by atoms with Crippen LogP contribution in [0.2, 0.25) is 0 Å². The van der Waals surface area contributed by atoms with E-state index in [0.29, 0.717) is 6.61 Å². The zero-order valence-electron chi connectivity index (χ0n) is 7.25. The highest BCUT2D eigenvalue weighted by Gasteiger charge is 2.21. The van der Waals surface area contributed by atoms with E-state index in [2.05, 4.69) is 10.4 Å². The van der Waals surface area contributed by atoms with Crippen LogP contribution >= 0.6 is 11.3 Å². The highest BCUT2D eigenvalue weighted by Crippen LogP contribution is 2.36. The highest BCUT2D eigenvalue weighted by molar-refractivity contribution is 7.09. The fraction of sp³-hybridized carbons (Fsp3) is 0.667. The molecule has 0 aliphatic heterocycles. The van der Waals surface area contributed by atoms with Gasteiger partial charge in [-0.15, -0.1) is 11.3 Å². The van der Waals surface area contributed by atoms with Gasteiger partial charge in [-0.2, -0.15) is 0 Å². The maximum absolute atomic E-state index is 5.02. The summed E-state index contributed by atoms with van der Waals surface area (Å²) in [5, 5.41) is 3.29. The molecular weight excluding hydrogens is 170 g/mol. The van der Waals surface area contributed by atoms with Crippen LogP contribution in [0.1, 0.15) is 35.9 Å². The molecule has 2 rings (SSSR count). The molecule has 1 aromatic heterocycles. The Morgan fingerprint density at radius 3 is 3.08 bits per heavy atom. The largest absolute Gasteiger partial charge is 0.378 e. The number of nitrogens with zero attached hydrogens (tertiary/aromatic N) is 1. The van der Waals surface area contributed by atoms with Gasteiger partial charge in [-0.25, -0.2) is 4.98 Å². The second kappa shape index (κ2) is 3.54. The predicted molar refractivity (Wildman–Crippen MR) is 49.4 cm³/mol. The second-order valence-electron chi connectivity index (χ2n) is 3.23. The molecule has 66 valence electrons. The van der Waals surface area contributed by atoms with E-state index in [9.17, 15) is 0 Å².